The molecule has 0 aromatic carbocycles. The van der Waals surface area contributed by atoms with Gasteiger partial charge in [0.2, 0.25) is 11.8 Å². The van der Waals surface area contributed by atoms with Gasteiger partial charge in [0.1, 0.15) is 0 Å². The van der Waals surface area contributed by atoms with E-state index in [1.54, 1.807) is 13.8 Å². The molecule has 14 heavy (non-hydrogen) atoms. The first-order valence-electron chi connectivity index (χ1n) is 4.56. The quantitative estimate of drug-likeness (QED) is 0.484. The third kappa shape index (κ3) is 2.10. The summed E-state index contributed by atoms with van der Waals surface area (Å²) < 4.78 is 4.71. The standard InChI is InChI=1S/C9H13NO4/c1-3-8(12)14-5-10-7(11)4-6(2)9(10)13/h6H,3-5H2,1-2H3. The smallest absolute Gasteiger partial charge is 0.307 e. The van der Waals surface area contributed by atoms with Gasteiger partial charge in [-0.05, 0) is 0 Å². The van der Waals surface area contributed by atoms with Crippen molar-refractivity contribution in [2.75, 3.05) is 6.73 Å². The van der Waals surface area contributed by atoms with E-state index in [9.17, 15) is 14.4 Å². The summed E-state index contributed by atoms with van der Waals surface area (Å²) in [6.07, 6.45) is 0.453. The van der Waals surface area contributed by atoms with Crippen molar-refractivity contribution in [3.63, 3.8) is 0 Å². The molecular formula is C9H13NO4. The van der Waals surface area contributed by atoms with Crippen LogP contribution < -0.4 is 0 Å². The Morgan fingerprint density at radius 2 is 2.21 bits per heavy atom. The second-order valence-electron chi connectivity index (χ2n) is 3.26. The van der Waals surface area contributed by atoms with E-state index >= 15 is 0 Å². The molecule has 0 bridgehead atoms. The lowest BCUT2D eigenvalue weighted by Crippen LogP contribution is -2.33. The molecule has 1 atom stereocenters. The Kier molecular flexibility index (Phi) is 3.22. The van der Waals surface area contributed by atoms with Gasteiger partial charge < -0.3 is 4.74 Å². The first kappa shape index (κ1) is 10.7. The monoisotopic (exact) mass is 199 g/mol. The number of hydrogen-bond acceptors (Lipinski definition) is 4. The normalized spacial score (nSPS) is 21.6. The van der Waals surface area contributed by atoms with Crippen molar-refractivity contribution >= 4 is 17.8 Å². The number of esters is 1. The molecule has 1 fully saturated rings. The number of imide groups is 1. The third-order valence-corrected chi connectivity index (χ3v) is 2.11. The maximum Gasteiger partial charge on any atom is 0.307 e. The van der Waals surface area contributed by atoms with Crippen molar-refractivity contribution in [2.45, 2.75) is 26.7 Å². The molecule has 0 aromatic rings. The molecular weight excluding hydrogens is 186 g/mol. The van der Waals surface area contributed by atoms with Gasteiger partial charge >= 0.3 is 5.97 Å². The van der Waals surface area contributed by atoms with E-state index in [2.05, 4.69) is 0 Å². The summed E-state index contributed by atoms with van der Waals surface area (Å²) in [7, 11) is 0. The lowest BCUT2D eigenvalue weighted by atomic mass is 10.1. The Morgan fingerprint density at radius 3 is 2.64 bits per heavy atom. The molecule has 1 aliphatic rings. The minimum absolute atomic E-state index is 0.211. The minimum atomic E-state index is -0.412. The highest BCUT2D eigenvalue weighted by atomic mass is 16.5. The summed E-state index contributed by atoms with van der Waals surface area (Å²) in [6.45, 7) is 3.09. The molecule has 5 heteroatoms. The van der Waals surface area contributed by atoms with Crippen molar-refractivity contribution in [1.29, 1.82) is 0 Å². The summed E-state index contributed by atoms with van der Waals surface area (Å²) >= 11 is 0. The number of rotatable bonds is 3. The molecule has 1 saturated heterocycles. The predicted molar refractivity (Wildman–Crippen MR) is 46.9 cm³/mol. The van der Waals surface area contributed by atoms with E-state index in [0.717, 1.165) is 4.90 Å². The minimum Gasteiger partial charge on any atom is -0.444 e. The highest BCUT2D eigenvalue weighted by Crippen LogP contribution is 2.18. The van der Waals surface area contributed by atoms with Crippen LogP contribution in [-0.4, -0.2) is 29.4 Å². The largest absolute Gasteiger partial charge is 0.444 e. The molecule has 1 heterocycles. The zero-order valence-corrected chi connectivity index (χ0v) is 8.28. The fraction of sp³-hybridized carbons (Fsp3) is 0.667. The number of likely N-dealkylation sites (tertiary alicyclic amines) is 1. The number of ether oxygens (including phenoxy) is 1. The lowest BCUT2D eigenvalue weighted by Gasteiger charge is -2.13. The topological polar surface area (TPSA) is 63.7 Å². The highest BCUT2D eigenvalue weighted by molar-refractivity contribution is 6.03. The molecule has 1 aliphatic heterocycles. The van der Waals surface area contributed by atoms with Gasteiger partial charge in [0.25, 0.3) is 0 Å². The number of amides is 2. The molecule has 5 nitrogen and oxygen atoms in total. The molecule has 0 aromatic heterocycles. The van der Waals surface area contributed by atoms with Crippen molar-refractivity contribution in [1.82, 2.24) is 4.90 Å². The molecule has 78 valence electrons. The second kappa shape index (κ2) is 4.21. The van der Waals surface area contributed by atoms with Crippen LogP contribution in [0.25, 0.3) is 0 Å². The molecule has 0 spiro atoms. The number of hydrogen-bond donors (Lipinski definition) is 0. The van der Waals surface area contributed by atoms with Gasteiger partial charge in [-0.2, -0.15) is 0 Å². The number of carbonyl (C=O) groups is 3. The van der Waals surface area contributed by atoms with E-state index in [1.165, 1.54) is 0 Å². The first-order valence-corrected chi connectivity index (χ1v) is 4.56. The average molecular weight is 199 g/mol. The predicted octanol–water partition coefficient (Wildman–Crippen LogP) is 0.292. The van der Waals surface area contributed by atoms with Crippen LogP contribution in [0.5, 0.6) is 0 Å². The first-order chi connectivity index (χ1) is 6.56. The van der Waals surface area contributed by atoms with Crippen LogP contribution in [0.4, 0.5) is 0 Å². The van der Waals surface area contributed by atoms with Crippen LogP contribution in [0.1, 0.15) is 26.7 Å². The van der Waals surface area contributed by atoms with Crippen molar-refractivity contribution in [2.24, 2.45) is 5.92 Å². The summed E-state index contributed by atoms with van der Waals surface area (Å²) in [6, 6.07) is 0. The highest BCUT2D eigenvalue weighted by Gasteiger charge is 2.35. The number of carbonyl (C=O) groups excluding carboxylic acids is 3. The maximum absolute atomic E-state index is 11.3. The Bertz CT molecular complexity index is 274. The Morgan fingerprint density at radius 1 is 1.57 bits per heavy atom. The fourth-order valence-corrected chi connectivity index (χ4v) is 1.22. The summed E-state index contributed by atoms with van der Waals surface area (Å²) in [4.78, 5) is 34.3. The molecule has 2 amide bonds. The average Bonchev–Trinajstić information content (AvgIpc) is 2.39. The molecule has 0 aliphatic carbocycles. The van der Waals surface area contributed by atoms with Crippen molar-refractivity contribution in [3.8, 4) is 0 Å². The number of nitrogens with zero attached hydrogens (tertiary/aromatic N) is 1. The maximum atomic E-state index is 11.3. The zero-order valence-electron chi connectivity index (χ0n) is 8.28. The molecule has 0 N–H and O–H groups in total. The zero-order chi connectivity index (χ0) is 10.7. The van der Waals surface area contributed by atoms with Gasteiger partial charge in [-0.1, -0.05) is 13.8 Å². The summed E-state index contributed by atoms with van der Waals surface area (Å²) in [5.41, 5.74) is 0. The SMILES string of the molecule is CCC(=O)OCN1C(=O)CC(C)C1=O. The summed E-state index contributed by atoms with van der Waals surface area (Å²) in [5.74, 6) is -1.24. The van der Waals surface area contributed by atoms with Gasteiger partial charge in [-0.15, -0.1) is 0 Å². The molecule has 0 saturated carbocycles. The molecule has 0 radical (unpaired) electrons. The van der Waals surface area contributed by atoms with E-state index in [1.807, 2.05) is 0 Å². The van der Waals surface area contributed by atoms with E-state index in [0.29, 0.717) is 0 Å². The van der Waals surface area contributed by atoms with Gasteiger partial charge in [-0.3, -0.25) is 14.4 Å². The van der Waals surface area contributed by atoms with Gasteiger partial charge in [0.05, 0.1) is 0 Å². The Balaban J connectivity index is 2.48. The van der Waals surface area contributed by atoms with Gasteiger partial charge in [0, 0.05) is 18.8 Å². The van der Waals surface area contributed by atoms with Crippen LogP contribution in [0, 0.1) is 5.92 Å². The van der Waals surface area contributed by atoms with Gasteiger partial charge in [0.15, 0.2) is 6.73 Å². The van der Waals surface area contributed by atoms with Crippen LogP contribution in [0.3, 0.4) is 0 Å². The third-order valence-electron chi connectivity index (χ3n) is 2.11. The Labute approximate surface area is 82.0 Å². The fourth-order valence-electron chi connectivity index (χ4n) is 1.22. The van der Waals surface area contributed by atoms with E-state index < -0.39 is 5.97 Å². The van der Waals surface area contributed by atoms with Crippen LogP contribution >= 0.6 is 0 Å². The van der Waals surface area contributed by atoms with Crippen LogP contribution in [-0.2, 0) is 19.1 Å². The second-order valence-corrected chi connectivity index (χ2v) is 3.26. The van der Waals surface area contributed by atoms with E-state index in [4.69, 9.17) is 4.74 Å². The van der Waals surface area contributed by atoms with Gasteiger partial charge in [-0.25, -0.2) is 4.90 Å². The Hall–Kier alpha value is -1.39. The van der Waals surface area contributed by atoms with Crippen molar-refractivity contribution in [3.05, 3.63) is 0 Å². The lowest BCUT2D eigenvalue weighted by molar-refractivity contribution is -0.155. The molecule has 1 rings (SSSR count). The van der Waals surface area contributed by atoms with Crippen molar-refractivity contribution < 1.29 is 19.1 Å². The van der Waals surface area contributed by atoms with Crippen LogP contribution in [0.15, 0.2) is 0 Å². The summed E-state index contributed by atoms with van der Waals surface area (Å²) in [5, 5.41) is 0. The molecule has 1 unspecified atom stereocenters. The van der Waals surface area contributed by atoms with E-state index in [-0.39, 0.29) is 37.3 Å². The van der Waals surface area contributed by atoms with Crippen LogP contribution in [0.2, 0.25) is 0 Å².